The van der Waals surface area contributed by atoms with Gasteiger partial charge in [-0.2, -0.15) is 0 Å². The summed E-state index contributed by atoms with van der Waals surface area (Å²) in [5.74, 6) is 1.15. The first kappa shape index (κ1) is 10.7. The Hall–Kier alpha value is -1.42. The van der Waals surface area contributed by atoms with Crippen LogP contribution in [0.1, 0.15) is 32.0 Å². The molecule has 0 amide bonds. The third-order valence-electron chi connectivity index (χ3n) is 3.67. The van der Waals surface area contributed by atoms with Gasteiger partial charge in [0.15, 0.2) is 5.65 Å². The lowest BCUT2D eigenvalue weighted by Crippen LogP contribution is -2.24. The van der Waals surface area contributed by atoms with E-state index in [1.807, 2.05) is 18.3 Å². The van der Waals surface area contributed by atoms with E-state index < -0.39 is 0 Å². The highest BCUT2D eigenvalue weighted by Gasteiger charge is 2.47. The summed E-state index contributed by atoms with van der Waals surface area (Å²) in [5.41, 5.74) is 8.05. The molecule has 0 aliphatic heterocycles. The van der Waals surface area contributed by atoms with Crippen LogP contribution in [-0.2, 0) is 12.0 Å². The average molecular weight is 230 g/mol. The normalized spacial score (nSPS) is 17.5. The fraction of sp³-hybridized carbons (Fsp3) is 0.538. The molecule has 2 aromatic rings. The molecule has 2 N–H and O–H groups in total. The maximum absolute atomic E-state index is 5.91. The fourth-order valence-corrected chi connectivity index (χ4v) is 2.47. The van der Waals surface area contributed by atoms with Crippen molar-refractivity contribution in [2.45, 2.75) is 38.1 Å². The van der Waals surface area contributed by atoms with Crippen molar-refractivity contribution in [3.63, 3.8) is 0 Å². The monoisotopic (exact) mass is 230 g/mol. The molecular weight excluding hydrogens is 212 g/mol. The number of hydrogen-bond donors (Lipinski definition) is 1. The molecule has 1 aliphatic rings. The molecule has 0 spiro atoms. The number of aryl methyl sites for hydroxylation is 1. The minimum absolute atomic E-state index is 0.135. The van der Waals surface area contributed by atoms with Gasteiger partial charge in [-0.05, 0) is 31.4 Å². The molecule has 17 heavy (non-hydrogen) atoms. The molecular formula is C13H18N4. The summed E-state index contributed by atoms with van der Waals surface area (Å²) in [6.07, 6.45) is 5.25. The summed E-state index contributed by atoms with van der Waals surface area (Å²) in [6.45, 7) is 3.85. The van der Waals surface area contributed by atoms with Gasteiger partial charge in [0.2, 0.25) is 0 Å². The second-order valence-corrected chi connectivity index (χ2v) is 4.92. The van der Waals surface area contributed by atoms with Crippen LogP contribution in [0, 0.1) is 0 Å². The van der Waals surface area contributed by atoms with Gasteiger partial charge in [0.1, 0.15) is 11.3 Å². The van der Waals surface area contributed by atoms with Gasteiger partial charge in [0, 0.05) is 24.7 Å². The highest BCUT2D eigenvalue weighted by atomic mass is 15.1. The first-order valence-corrected chi connectivity index (χ1v) is 6.32. The van der Waals surface area contributed by atoms with Crippen LogP contribution in [0.5, 0.6) is 0 Å². The third-order valence-corrected chi connectivity index (χ3v) is 3.67. The predicted molar refractivity (Wildman–Crippen MR) is 67.8 cm³/mol. The maximum atomic E-state index is 5.91. The van der Waals surface area contributed by atoms with Gasteiger partial charge in [-0.1, -0.05) is 6.92 Å². The average Bonchev–Trinajstić information content (AvgIpc) is 3.08. The summed E-state index contributed by atoms with van der Waals surface area (Å²) < 4.78 is 2.26. The van der Waals surface area contributed by atoms with Crippen LogP contribution >= 0.6 is 0 Å². The second kappa shape index (κ2) is 3.81. The number of hydrogen-bond acceptors (Lipinski definition) is 3. The predicted octanol–water partition coefficient (Wildman–Crippen LogP) is 1.83. The Bertz CT molecular complexity index is 539. The van der Waals surface area contributed by atoms with Crippen molar-refractivity contribution >= 4 is 11.2 Å². The third kappa shape index (κ3) is 1.55. The van der Waals surface area contributed by atoms with Crippen LogP contribution in [0.2, 0.25) is 0 Å². The summed E-state index contributed by atoms with van der Waals surface area (Å²) in [7, 11) is 0. The van der Waals surface area contributed by atoms with Crippen molar-refractivity contribution in [3.8, 4) is 0 Å². The molecule has 0 radical (unpaired) electrons. The highest BCUT2D eigenvalue weighted by Crippen LogP contribution is 2.47. The lowest BCUT2D eigenvalue weighted by molar-refractivity contribution is 0.569. The summed E-state index contributed by atoms with van der Waals surface area (Å²) in [5, 5.41) is 0. The van der Waals surface area contributed by atoms with Gasteiger partial charge in [-0.3, -0.25) is 0 Å². The van der Waals surface area contributed by atoms with E-state index in [0.29, 0.717) is 6.54 Å². The Labute approximate surface area is 101 Å². The van der Waals surface area contributed by atoms with Gasteiger partial charge in [0.25, 0.3) is 0 Å². The number of rotatable bonds is 4. The van der Waals surface area contributed by atoms with Crippen LogP contribution in [0.25, 0.3) is 11.2 Å². The molecule has 1 saturated carbocycles. The Kier molecular flexibility index (Phi) is 2.40. The van der Waals surface area contributed by atoms with Gasteiger partial charge in [-0.15, -0.1) is 0 Å². The maximum Gasteiger partial charge on any atom is 0.159 e. The molecule has 0 saturated heterocycles. The number of nitrogens with two attached hydrogens (primary N) is 1. The van der Waals surface area contributed by atoms with E-state index in [0.717, 1.165) is 42.8 Å². The standard InChI is InChI=1S/C13H18N4/c1-2-8-17-11-10(4-3-7-15-11)16-12(17)13(9-14)5-6-13/h3-4,7H,2,5-6,8-9,14H2,1H3. The molecule has 4 nitrogen and oxygen atoms in total. The van der Waals surface area contributed by atoms with Crippen molar-refractivity contribution < 1.29 is 0 Å². The van der Waals surface area contributed by atoms with Crippen LogP contribution in [0.4, 0.5) is 0 Å². The molecule has 0 atom stereocenters. The molecule has 0 unspecified atom stereocenters. The Balaban J connectivity index is 2.19. The SMILES string of the molecule is CCCn1c(C2(CN)CC2)nc2cccnc21. The summed E-state index contributed by atoms with van der Waals surface area (Å²) in [4.78, 5) is 9.21. The molecule has 0 aromatic carbocycles. The molecule has 0 bridgehead atoms. The number of imidazole rings is 1. The van der Waals surface area contributed by atoms with E-state index in [9.17, 15) is 0 Å². The summed E-state index contributed by atoms with van der Waals surface area (Å²) >= 11 is 0. The van der Waals surface area contributed by atoms with E-state index in [4.69, 9.17) is 10.7 Å². The van der Waals surface area contributed by atoms with Crippen molar-refractivity contribution in [1.29, 1.82) is 0 Å². The van der Waals surface area contributed by atoms with Crippen molar-refractivity contribution in [2.75, 3.05) is 6.54 Å². The van der Waals surface area contributed by atoms with Gasteiger partial charge in [-0.25, -0.2) is 9.97 Å². The lowest BCUT2D eigenvalue weighted by atomic mass is 10.1. The van der Waals surface area contributed by atoms with Gasteiger partial charge >= 0.3 is 0 Å². The van der Waals surface area contributed by atoms with Crippen molar-refractivity contribution in [2.24, 2.45) is 5.73 Å². The smallest absolute Gasteiger partial charge is 0.159 e. The zero-order chi connectivity index (χ0) is 11.9. The second-order valence-electron chi connectivity index (χ2n) is 4.92. The Morgan fingerprint density at radius 1 is 1.47 bits per heavy atom. The molecule has 1 fully saturated rings. The van der Waals surface area contributed by atoms with E-state index in [1.165, 1.54) is 0 Å². The number of pyridine rings is 1. The molecule has 1 aliphatic carbocycles. The van der Waals surface area contributed by atoms with Gasteiger partial charge in [0.05, 0.1) is 0 Å². The lowest BCUT2D eigenvalue weighted by Gasteiger charge is -2.14. The van der Waals surface area contributed by atoms with Crippen LogP contribution in [0.3, 0.4) is 0 Å². The number of aromatic nitrogens is 3. The van der Waals surface area contributed by atoms with E-state index in [2.05, 4.69) is 16.5 Å². The van der Waals surface area contributed by atoms with E-state index in [1.54, 1.807) is 0 Å². The molecule has 4 heteroatoms. The fourth-order valence-electron chi connectivity index (χ4n) is 2.47. The van der Waals surface area contributed by atoms with Crippen LogP contribution < -0.4 is 5.73 Å². The number of nitrogens with zero attached hydrogens (tertiary/aromatic N) is 3. The van der Waals surface area contributed by atoms with Crippen LogP contribution in [-0.4, -0.2) is 21.1 Å². The topological polar surface area (TPSA) is 56.7 Å². The minimum Gasteiger partial charge on any atom is -0.329 e. The quantitative estimate of drug-likeness (QED) is 0.871. The van der Waals surface area contributed by atoms with E-state index in [-0.39, 0.29) is 5.41 Å². The van der Waals surface area contributed by atoms with Gasteiger partial charge < -0.3 is 10.3 Å². The Morgan fingerprint density at radius 3 is 2.94 bits per heavy atom. The zero-order valence-electron chi connectivity index (χ0n) is 10.2. The first-order chi connectivity index (χ1) is 8.30. The molecule has 3 rings (SSSR count). The molecule has 90 valence electrons. The number of fused-ring (bicyclic) bond motifs is 1. The summed E-state index contributed by atoms with van der Waals surface area (Å²) in [6, 6.07) is 3.97. The largest absolute Gasteiger partial charge is 0.329 e. The van der Waals surface area contributed by atoms with Crippen molar-refractivity contribution in [3.05, 3.63) is 24.2 Å². The molecule has 2 heterocycles. The minimum atomic E-state index is 0.135. The zero-order valence-corrected chi connectivity index (χ0v) is 10.2. The van der Waals surface area contributed by atoms with E-state index >= 15 is 0 Å². The molecule has 2 aromatic heterocycles. The van der Waals surface area contributed by atoms with Crippen LogP contribution in [0.15, 0.2) is 18.3 Å². The first-order valence-electron chi connectivity index (χ1n) is 6.32. The Morgan fingerprint density at radius 2 is 2.29 bits per heavy atom. The van der Waals surface area contributed by atoms with Crippen molar-refractivity contribution in [1.82, 2.24) is 14.5 Å². The highest BCUT2D eigenvalue weighted by molar-refractivity contribution is 5.71.